The zero-order valence-corrected chi connectivity index (χ0v) is 26.5. The van der Waals surface area contributed by atoms with Crippen LogP contribution in [0.25, 0.3) is 0 Å². The molecule has 0 heterocycles. The number of aryl methyl sites for hydroxylation is 1. The Labute approximate surface area is 250 Å². The molecule has 2 amide bonds. The van der Waals surface area contributed by atoms with Crippen molar-refractivity contribution in [3.63, 3.8) is 0 Å². The van der Waals surface area contributed by atoms with Crippen LogP contribution in [0.3, 0.4) is 0 Å². The molecule has 0 aliphatic rings. The van der Waals surface area contributed by atoms with E-state index in [4.69, 9.17) is 9.47 Å². The van der Waals surface area contributed by atoms with Gasteiger partial charge in [-0.05, 0) is 69.7 Å². The lowest BCUT2D eigenvalue weighted by atomic mass is 10.1. The van der Waals surface area contributed by atoms with Crippen LogP contribution in [0.15, 0.2) is 76.1 Å². The molecule has 41 heavy (non-hydrogen) atoms. The number of hydrogen-bond donors (Lipinski definition) is 1. The van der Waals surface area contributed by atoms with Crippen LogP contribution in [0.2, 0.25) is 0 Å². The van der Waals surface area contributed by atoms with Crippen molar-refractivity contribution >= 4 is 43.5 Å². The van der Waals surface area contributed by atoms with Gasteiger partial charge < -0.3 is 19.7 Å². The fourth-order valence-electron chi connectivity index (χ4n) is 4.17. The largest absolute Gasteiger partial charge is 0.493 e. The van der Waals surface area contributed by atoms with Crippen LogP contribution >= 0.6 is 15.9 Å². The Hall–Kier alpha value is -3.57. The molecule has 3 aromatic carbocycles. The number of nitrogens with one attached hydrogen (secondary N) is 1. The van der Waals surface area contributed by atoms with Gasteiger partial charge in [-0.25, -0.2) is 8.42 Å². The number of benzene rings is 3. The minimum atomic E-state index is -4.21. The normalized spacial score (nSPS) is 12.0. The Morgan fingerprint density at radius 3 is 2.17 bits per heavy atom. The lowest BCUT2D eigenvalue weighted by Gasteiger charge is -2.32. The highest BCUT2D eigenvalue weighted by Gasteiger charge is 2.33. The van der Waals surface area contributed by atoms with Crippen molar-refractivity contribution in [1.82, 2.24) is 10.2 Å². The summed E-state index contributed by atoms with van der Waals surface area (Å²) in [5.74, 6) is -0.188. The molecule has 0 saturated carbocycles. The molecule has 0 aliphatic heterocycles. The predicted octanol–water partition coefficient (Wildman–Crippen LogP) is 4.91. The molecular formula is C30H36BrN3O6S. The second kappa shape index (κ2) is 13.9. The number of halogens is 1. The first kappa shape index (κ1) is 32.0. The minimum absolute atomic E-state index is 0.0230. The van der Waals surface area contributed by atoms with Gasteiger partial charge in [-0.15, -0.1) is 0 Å². The number of carbonyl (C=O) groups excluding carboxylic acids is 2. The summed E-state index contributed by atoms with van der Waals surface area (Å²) in [6.45, 7) is 6.68. The lowest BCUT2D eigenvalue weighted by Crippen LogP contribution is -2.52. The molecule has 11 heteroatoms. The van der Waals surface area contributed by atoms with E-state index in [0.717, 1.165) is 19.9 Å². The summed E-state index contributed by atoms with van der Waals surface area (Å²) in [7, 11) is -1.28. The van der Waals surface area contributed by atoms with Crippen LogP contribution in [0, 0.1) is 6.92 Å². The van der Waals surface area contributed by atoms with Crippen LogP contribution in [0.5, 0.6) is 11.5 Å². The first-order valence-corrected chi connectivity index (χ1v) is 15.3. The number of ether oxygens (including phenoxy) is 2. The van der Waals surface area contributed by atoms with Gasteiger partial charge in [-0.1, -0.05) is 45.8 Å². The van der Waals surface area contributed by atoms with Gasteiger partial charge in [-0.3, -0.25) is 13.9 Å². The van der Waals surface area contributed by atoms with Crippen LogP contribution in [0.4, 0.5) is 5.69 Å². The highest BCUT2D eigenvalue weighted by molar-refractivity contribution is 9.10. The van der Waals surface area contributed by atoms with E-state index in [1.807, 2.05) is 45.0 Å². The molecule has 3 aromatic rings. The van der Waals surface area contributed by atoms with E-state index < -0.39 is 28.5 Å². The maximum atomic E-state index is 14.0. The highest BCUT2D eigenvalue weighted by Crippen LogP contribution is 2.34. The fourth-order valence-corrected chi connectivity index (χ4v) is 6.02. The van der Waals surface area contributed by atoms with Gasteiger partial charge in [0.25, 0.3) is 10.0 Å². The second-order valence-electron chi connectivity index (χ2n) is 9.85. The zero-order valence-electron chi connectivity index (χ0n) is 24.0. The van der Waals surface area contributed by atoms with Crippen molar-refractivity contribution in [2.75, 3.05) is 25.1 Å². The molecule has 0 spiro atoms. The van der Waals surface area contributed by atoms with Crippen molar-refractivity contribution in [3.05, 3.63) is 82.3 Å². The van der Waals surface area contributed by atoms with Crippen molar-refractivity contribution in [3.8, 4) is 11.5 Å². The number of methoxy groups -OCH3 is 2. The number of rotatable bonds is 12. The van der Waals surface area contributed by atoms with Crippen LogP contribution < -0.4 is 19.1 Å². The number of anilines is 1. The SMILES string of the molecule is COc1ccc(N(CC(=O)N(Cc2cccc(Br)c2)[C@H](C)C(=O)NC(C)C)S(=O)(=O)c2ccc(C)cc2)cc1OC. The van der Waals surface area contributed by atoms with Gasteiger partial charge in [-0.2, -0.15) is 0 Å². The summed E-state index contributed by atoms with van der Waals surface area (Å²) in [6, 6.07) is 17.4. The molecule has 0 unspecified atom stereocenters. The van der Waals surface area contributed by atoms with E-state index in [9.17, 15) is 18.0 Å². The van der Waals surface area contributed by atoms with E-state index in [-0.39, 0.29) is 29.1 Å². The van der Waals surface area contributed by atoms with E-state index in [1.54, 1.807) is 31.2 Å². The maximum absolute atomic E-state index is 14.0. The number of hydrogen-bond acceptors (Lipinski definition) is 6. The van der Waals surface area contributed by atoms with Crippen molar-refractivity contribution in [1.29, 1.82) is 0 Å². The Balaban J connectivity index is 2.09. The third kappa shape index (κ3) is 8.01. The Kier molecular flexibility index (Phi) is 10.8. The van der Waals surface area contributed by atoms with Gasteiger partial charge in [0.05, 0.1) is 24.8 Å². The predicted molar refractivity (Wildman–Crippen MR) is 163 cm³/mol. The third-order valence-corrected chi connectivity index (χ3v) is 8.66. The standard InChI is InChI=1S/C30H36BrN3O6S/c1-20(2)32-30(36)22(4)33(18-23-8-7-9-24(31)16-23)29(35)19-34(25-12-15-27(39-5)28(17-25)40-6)41(37,38)26-13-10-21(3)11-14-26/h7-17,20,22H,18-19H2,1-6H3,(H,32,36)/t22-/m1/s1. The topological polar surface area (TPSA) is 105 Å². The third-order valence-electron chi connectivity index (χ3n) is 6.38. The van der Waals surface area contributed by atoms with E-state index in [0.29, 0.717) is 11.5 Å². The number of amides is 2. The summed E-state index contributed by atoms with van der Waals surface area (Å²) in [6.07, 6.45) is 0. The highest BCUT2D eigenvalue weighted by atomic mass is 79.9. The molecule has 0 aromatic heterocycles. The number of nitrogens with zero attached hydrogens (tertiary/aromatic N) is 2. The Morgan fingerprint density at radius 2 is 1.59 bits per heavy atom. The lowest BCUT2D eigenvalue weighted by molar-refractivity contribution is -0.139. The van der Waals surface area contributed by atoms with Gasteiger partial charge in [0.15, 0.2) is 11.5 Å². The van der Waals surface area contributed by atoms with Gasteiger partial charge in [0.2, 0.25) is 11.8 Å². The summed E-state index contributed by atoms with van der Waals surface area (Å²) >= 11 is 3.45. The molecule has 0 radical (unpaired) electrons. The minimum Gasteiger partial charge on any atom is -0.493 e. The van der Waals surface area contributed by atoms with E-state index in [1.165, 1.54) is 37.3 Å². The molecule has 1 N–H and O–H groups in total. The van der Waals surface area contributed by atoms with E-state index >= 15 is 0 Å². The van der Waals surface area contributed by atoms with Crippen molar-refractivity contribution < 1.29 is 27.5 Å². The number of sulfonamides is 1. The van der Waals surface area contributed by atoms with Crippen LogP contribution in [0.1, 0.15) is 31.9 Å². The zero-order chi connectivity index (χ0) is 30.3. The monoisotopic (exact) mass is 645 g/mol. The first-order chi connectivity index (χ1) is 19.4. The van der Waals surface area contributed by atoms with Gasteiger partial charge in [0, 0.05) is 23.1 Å². The van der Waals surface area contributed by atoms with Crippen molar-refractivity contribution in [2.24, 2.45) is 0 Å². The molecule has 3 rings (SSSR count). The van der Waals surface area contributed by atoms with Crippen molar-refractivity contribution in [2.45, 2.75) is 51.2 Å². The average Bonchev–Trinajstić information content (AvgIpc) is 2.93. The second-order valence-corrected chi connectivity index (χ2v) is 12.6. The average molecular weight is 647 g/mol. The van der Waals surface area contributed by atoms with E-state index in [2.05, 4.69) is 21.2 Å². The quantitative estimate of drug-likeness (QED) is 0.300. The fraction of sp³-hybridized carbons (Fsp3) is 0.333. The summed E-state index contributed by atoms with van der Waals surface area (Å²) in [4.78, 5) is 28.5. The first-order valence-electron chi connectivity index (χ1n) is 13.0. The van der Waals surface area contributed by atoms with Gasteiger partial charge in [0.1, 0.15) is 12.6 Å². The summed E-state index contributed by atoms with van der Waals surface area (Å²) in [5, 5.41) is 2.84. The molecule has 0 fully saturated rings. The molecule has 9 nitrogen and oxygen atoms in total. The molecule has 0 saturated heterocycles. The smallest absolute Gasteiger partial charge is 0.264 e. The molecule has 1 atom stereocenters. The van der Waals surface area contributed by atoms with Gasteiger partial charge >= 0.3 is 0 Å². The summed E-state index contributed by atoms with van der Waals surface area (Å²) in [5.41, 5.74) is 1.87. The maximum Gasteiger partial charge on any atom is 0.264 e. The Bertz CT molecular complexity index is 1480. The summed E-state index contributed by atoms with van der Waals surface area (Å²) < 4.78 is 40.6. The molecular weight excluding hydrogens is 610 g/mol. The van der Waals surface area contributed by atoms with Crippen LogP contribution in [-0.2, 0) is 26.2 Å². The number of carbonyl (C=O) groups is 2. The molecule has 220 valence electrons. The molecule has 0 aliphatic carbocycles. The van der Waals surface area contributed by atoms with Crippen LogP contribution in [-0.4, -0.2) is 58.0 Å². The Morgan fingerprint density at radius 1 is 0.927 bits per heavy atom. The molecule has 0 bridgehead atoms.